The molecule has 2 saturated carbocycles. The summed E-state index contributed by atoms with van der Waals surface area (Å²) in [5.74, 6) is 0. The van der Waals surface area contributed by atoms with E-state index >= 15 is 0 Å². The summed E-state index contributed by atoms with van der Waals surface area (Å²) in [6.45, 7) is 12.5. The summed E-state index contributed by atoms with van der Waals surface area (Å²) in [5.41, 5.74) is -0.198. The zero-order valence-electron chi connectivity index (χ0n) is 10.0. The standard InChI is InChI=1S/C12H18N2O2/c1-11(2,3)16-10(15)14-9-7-12(9)5-8(6-12)13-4/h8-9H,5-7H2,1-3H3,(H,14,15). The van der Waals surface area contributed by atoms with Gasteiger partial charge in [0, 0.05) is 24.3 Å². The van der Waals surface area contributed by atoms with E-state index in [9.17, 15) is 4.79 Å². The van der Waals surface area contributed by atoms with E-state index in [0.717, 1.165) is 19.3 Å². The van der Waals surface area contributed by atoms with Crippen molar-refractivity contribution in [1.29, 1.82) is 0 Å². The highest BCUT2D eigenvalue weighted by molar-refractivity contribution is 5.69. The predicted octanol–water partition coefficient (Wildman–Crippen LogP) is 2.35. The molecule has 1 spiro atoms. The Hall–Kier alpha value is -1.24. The van der Waals surface area contributed by atoms with Crippen molar-refractivity contribution in [3.05, 3.63) is 11.4 Å². The summed E-state index contributed by atoms with van der Waals surface area (Å²) in [6, 6.07) is 0.422. The molecule has 0 bridgehead atoms. The van der Waals surface area contributed by atoms with Gasteiger partial charge in [-0.2, -0.15) is 0 Å². The maximum Gasteiger partial charge on any atom is 0.407 e. The van der Waals surface area contributed by atoms with Crippen LogP contribution in [0.25, 0.3) is 4.85 Å². The first-order valence-corrected chi connectivity index (χ1v) is 5.71. The van der Waals surface area contributed by atoms with Crippen LogP contribution in [0.1, 0.15) is 40.0 Å². The third-order valence-corrected chi connectivity index (χ3v) is 3.35. The molecule has 0 saturated heterocycles. The van der Waals surface area contributed by atoms with Gasteiger partial charge < -0.3 is 14.9 Å². The van der Waals surface area contributed by atoms with Crippen LogP contribution in [0.4, 0.5) is 4.79 Å². The van der Waals surface area contributed by atoms with Crippen LogP contribution in [0.15, 0.2) is 0 Å². The topological polar surface area (TPSA) is 42.7 Å². The van der Waals surface area contributed by atoms with Crippen molar-refractivity contribution in [1.82, 2.24) is 5.32 Å². The lowest BCUT2D eigenvalue weighted by atomic mass is 9.77. The van der Waals surface area contributed by atoms with E-state index in [4.69, 9.17) is 11.3 Å². The Morgan fingerprint density at radius 1 is 1.44 bits per heavy atom. The second-order valence-electron chi connectivity index (χ2n) is 5.96. The third kappa shape index (κ3) is 2.13. The number of hydrogen-bond donors (Lipinski definition) is 1. The minimum Gasteiger partial charge on any atom is -0.444 e. The third-order valence-electron chi connectivity index (χ3n) is 3.35. The normalized spacial score (nSPS) is 36.1. The molecular formula is C12H18N2O2. The van der Waals surface area contributed by atoms with Gasteiger partial charge >= 0.3 is 6.09 Å². The Balaban J connectivity index is 1.74. The number of carbonyl (C=O) groups is 1. The zero-order chi connectivity index (χ0) is 12.0. The van der Waals surface area contributed by atoms with Crippen LogP contribution in [0, 0.1) is 12.0 Å². The zero-order valence-corrected chi connectivity index (χ0v) is 10.0. The molecule has 0 aromatic carbocycles. The second kappa shape index (κ2) is 3.38. The average Bonchev–Trinajstić information content (AvgIpc) is 2.72. The monoisotopic (exact) mass is 222 g/mol. The number of alkyl carbamates (subject to hydrolysis) is 1. The molecule has 2 rings (SSSR count). The number of amides is 1. The number of nitrogens with zero attached hydrogens (tertiary/aromatic N) is 1. The van der Waals surface area contributed by atoms with Gasteiger partial charge in [-0.3, -0.25) is 0 Å². The fraction of sp³-hybridized carbons (Fsp3) is 0.833. The molecule has 88 valence electrons. The van der Waals surface area contributed by atoms with E-state index < -0.39 is 5.60 Å². The van der Waals surface area contributed by atoms with E-state index in [1.165, 1.54) is 0 Å². The maximum absolute atomic E-state index is 11.5. The van der Waals surface area contributed by atoms with Gasteiger partial charge in [-0.05, 0) is 27.2 Å². The number of hydrogen-bond acceptors (Lipinski definition) is 2. The second-order valence-corrected chi connectivity index (χ2v) is 5.96. The van der Waals surface area contributed by atoms with Crippen LogP contribution in [0.5, 0.6) is 0 Å². The fourth-order valence-corrected chi connectivity index (χ4v) is 2.42. The molecule has 0 aromatic rings. The Labute approximate surface area is 96.2 Å². The highest BCUT2D eigenvalue weighted by Crippen LogP contribution is 2.61. The van der Waals surface area contributed by atoms with Crippen molar-refractivity contribution in [2.24, 2.45) is 5.41 Å². The summed E-state index contributed by atoms with van der Waals surface area (Å²) in [6.07, 6.45) is 2.56. The summed E-state index contributed by atoms with van der Waals surface area (Å²) in [4.78, 5) is 15.0. The molecule has 1 unspecified atom stereocenters. The Morgan fingerprint density at radius 3 is 2.56 bits per heavy atom. The largest absolute Gasteiger partial charge is 0.444 e. The van der Waals surface area contributed by atoms with Gasteiger partial charge in [0.25, 0.3) is 0 Å². The SMILES string of the molecule is [C-]#[N+]C1CC2(C1)CC2NC(=O)OC(C)(C)C. The van der Waals surface area contributed by atoms with Crippen molar-refractivity contribution in [3.8, 4) is 0 Å². The molecule has 4 nitrogen and oxygen atoms in total. The predicted molar refractivity (Wildman–Crippen MR) is 59.8 cm³/mol. The summed E-state index contributed by atoms with van der Waals surface area (Å²) in [7, 11) is 0. The minimum absolute atomic E-state index is 0.186. The van der Waals surface area contributed by atoms with Crippen LogP contribution < -0.4 is 5.32 Å². The van der Waals surface area contributed by atoms with Crippen LogP contribution in [-0.4, -0.2) is 23.8 Å². The number of nitrogens with one attached hydrogen (secondary N) is 1. The molecule has 1 amide bonds. The van der Waals surface area contributed by atoms with Gasteiger partial charge in [0.05, 0.1) is 0 Å². The molecule has 0 heterocycles. The highest BCUT2D eigenvalue weighted by Gasteiger charge is 2.65. The van der Waals surface area contributed by atoms with Gasteiger partial charge in [-0.15, -0.1) is 0 Å². The van der Waals surface area contributed by atoms with E-state index in [0.29, 0.717) is 0 Å². The first-order valence-electron chi connectivity index (χ1n) is 5.71. The maximum atomic E-state index is 11.5. The van der Waals surface area contributed by atoms with Gasteiger partial charge in [-0.1, -0.05) is 0 Å². The first kappa shape index (κ1) is 11.3. The molecule has 0 aromatic heterocycles. The Morgan fingerprint density at radius 2 is 2.06 bits per heavy atom. The van der Waals surface area contributed by atoms with E-state index in [1.54, 1.807) is 0 Å². The molecule has 0 radical (unpaired) electrons. The van der Waals surface area contributed by atoms with Gasteiger partial charge in [0.1, 0.15) is 5.60 Å². The van der Waals surface area contributed by atoms with Crippen LogP contribution in [0.3, 0.4) is 0 Å². The fourth-order valence-electron chi connectivity index (χ4n) is 2.42. The van der Waals surface area contributed by atoms with Crippen molar-refractivity contribution < 1.29 is 9.53 Å². The molecule has 2 aliphatic carbocycles. The molecule has 2 aliphatic rings. The quantitative estimate of drug-likeness (QED) is 0.692. The number of ether oxygens (including phenoxy) is 1. The lowest BCUT2D eigenvalue weighted by molar-refractivity contribution is 0.0507. The van der Waals surface area contributed by atoms with E-state index in [-0.39, 0.29) is 23.6 Å². The lowest BCUT2D eigenvalue weighted by Gasteiger charge is -2.28. The van der Waals surface area contributed by atoms with Crippen molar-refractivity contribution in [3.63, 3.8) is 0 Å². The first-order chi connectivity index (χ1) is 7.35. The molecular weight excluding hydrogens is 204 g/mol. The smallest absolute Gasteiger partial charge is 0.407 e. The summed E-state index contributed by atoms with van der Waals surface area (Å²) >= 11 is 0. The van der Waals surface area contributed by atoms with Crippen LogP contribution >= 0.6 is 0 Å². The Kier molecular flexibility index (Phi) is 2.37. The van der Waals surface area contributed by atoms with Gasteiger partial charge in [0.15, 0.2) is 0 Å². The average molecular weight is 222 g/mol. The molecule has 1 atom stereocenters. The highest BCUT2D eigenvalue weighted by atomic mass is 16.6. The molecule has 4 heteroatoms. The van der Waals surface area contributed by atoms with Crippen molar-refractivity contribution in [2.75, 3.05) is 0 Å². The van der Waals surface area contributed by atoms with Crippen LogP contribution in [0.2, 0.25) is 0 Å². The molecule has 2 fully saturated rings. The molecule has 16 heavy (non-hydrogen) atoms. The minimum atomic E-state index is -0.440. The molecule has 0 aliphatic heterocycles. The van der Waals surface area contributed by atoms with Gasteiger partial charge in [-0.25, -0.2) is 11.4 Å². The molecule has 1 N–H and O–H groups in total. The van der Waals surface area contributed by atoms with E-state index in [1.807, 2.05) is 20.8 Å². The summed E-state index contributed by atoms with van der Waals surface area (Å²) in [5, 5.41) is 2.88. The number of carbonyl (C=O) groups excluding carboxylic acids is 1. The van der Waals surface area contributed by atoms with Crippen LogP contribution in [-0.2, 0) is 4.74 Å². The Bertz CT molecular complexity index is 345. The van der Waals surface area contributed by atoms with Crippen molar-refractivity contribution >= 4 is 6.09 Å². The van der Waals surface area contributed by atoms with E-state index in [2.05, 4.69) is 10.2 Å². The lowest BCUT2D eigenvalue weighted by Crippen LogP contribution is -2.39. The van der Waals surface area contributed by atoms with Crippen molar-refractivity contribution in [2.45, 2.75) is 57.7 Å². The summed E-state index contributed by atoms with van der Waals surface area (Å²) < 4.78 is 5.19. The van der Waals surface area contributed by atoms with Gasteiger partial charge in [0.2, 0.25) is 6.04 Å². The number of rotatable bonds is 1.